The molecule has 1 saturated heterocycles. The van der Waals surface area contributed by atoms with Crippen molar-refractivity contribution in [3.8, 4) is 0 Å². The summed E-state index contributed by atoms with van der Waals surface area (Å²) in [6.07, 6.45) is 1.67. The number of hydrogen-bond acceptors (Lipinski definition) is 3. The number of aryl methyl sites for hydroxylation is 1. The third-order valence-corrected chi connectivity index (χ3v) is 4.65. The van der Waals surface area contributed by atoms with E-state index in [9.17, 15) is 9.59 Å². The van der Waals surface area contributed by atoms with Crippen LogP contribution in [0.15, 0.2) is 6.07 Å². The Morgan fingerprint density at radius 2 is 1.90 bits per heavy atom. The Bertz CT molecular complexity index is 540. The summed E-state index contributed by atoms with van der Waals surface area (Å²) in [4.78, 5) is 26.2. The molecule has 116 valence electrons. The topological polar surface area (TPSA) is 54.3 Å². The van der Waals surface area contributed by atoms with Crippen LogP contribution in [-0.2, 0) is 11.8 Å². The van der Waals surface area contributed by atoms with Crippen LogP contribution in [0.3, 0.4) is 0 Å². The third-order valence-electron chi connectivity index (χ3n) is 4.65. The molecule has 1 aromatic heterocycles. The number of piperidine rings is 1. The van der Waals surface area contributed by atoms with Gasteiger partial charge in [0.05, 0.1) is 6.54 Å². The second-order valence-electron chi connectivity index (χ2n) is 5.93. The van der Waals surface area contributed by atoms with Gasteiger partial charge in [-0.3, -0.25) is 14.5 Å². The molecule has 0 bridgehead atoms. The lowest BCUT2D eigenvalue weighted by Gasteiger charge is -2.30. The second-order valence-corrected chi connectivity index (χ2v) is 5.93. The summed E-state index contributed by atoms with van der Waals surface area (Å²) in [5.74, 6) is 0.396. The highest BCUT2D eigenvalue weighted by Gasteiger charge is 2.26. The van der Waals surface area contributed by atoms with Gasteiger partial charge in [-0.2, -0.15) is 0 Å². The SMILES string of the molecule is CNC(=O)C1CCN(CC(=O)c2cc(C)n(C)c2C)CC1. The number of Topliss-reactive ketones (excluding diaryl/α,β-unsaturated/α-hetero) is 1. The first-order chi connectivity index (χ1) is 9.93. The van der Waals surface area contributed by atoms with Gasteiger partial charge >= 0.3 is 0 Å². The molecule has 1 aromatic rings. The fraction of sp³-hybridized carbons (Fsp3) is 0.625. The lowest BCUT2D eigenvalue weighted by atomic mass is 9.95. The van der Waals surface area contributed by atoms with Crippen LogP contribution in [0.1, 0.15) is 34.6 Å². The van der Waals surface area contributed by atoms with Crippen molar-refractivity contribution in [2.75, 3.05) is 26.7 Å². The van der Waals surface area contributed by atoms with Crippen molar-refractivity contribution in [2.24, 2.45) is 13.0 Å². The second kappa shape index (κ2) is 6.43. The number of ketones is 1. The molecule has 0 radical (unpaired) electrons. The molecule has 0 spiro atoms. The molecule has 5 nitrogen and oxygen atoms in total. The van der Waals surface area contributed by atoms with E-state index in [0.717, 1.165) is 42.9 Å². The van der Waals surface area contributed by atoms with Crippen LogP contribution in [0.5, 0.6) is 0 Å². The van der Waals surface area contributed by atoms with Crippen molar-refractivity contribution in [1.82, 2.24) is 14.8 Å². The molecule has 1 aliphatic rings. The predicted octanol–water partition coefficient (Wildman–Crippen LogP) is 1.28. The van der Waals surface area contributed by atoms with E-state index in [4.69, 9.17) is 0 Å². The summed E-state index contributed by atoms with van der Waals surface area (Å²) in [6, 6.07) is 1.97. The molecule has 1 N–H and O–H groups in total. The molecular formula is C16H25N3O2. The highest BCUT2D eigenvalue weighted by Crippen LogP contribution is 2.19. The Morgan fingerprint density at radius 3 is 2.38 bits per heavy atom. The van der Waals surface area contributed by atoms with E-state index in [1.807, 2.05) is 31.5 Å². The van der Waals surface area contributed by atoms with Crippen molar-refractivity contribution in [3.05, 3.63) is 23.0 Å². The molecule has 1 amide bonds. The number of carbonyl (C=O) groups excluding carboxylic acids is 2. The molecular weight excluding hydrogens is 266 g/mol. The first-order valence-corrected chi connectivity index (χ1v) is 7.54. The van der Waals surface area contributed by atoms with Crippen LogP contribution in [0.4, 0.5) is 0 Å². The van der Waals surface area contributed by atoms with Crippen molar-refractivity contribution in [3.63, 3.8) is 0 Å². The maximum absolute atomic E-state index is 12.4. The van der Waals surface area contributed by atoms with Gasteiger partial charge in [0, 0.05) is 37.0 Å². The zero-order chi connectivity index (χ0) is 15.6. The molecule has 21 heavy (non-hydrogen) atoms. The monoisotopic (exact) mass is 291 g/mol. The summed E-state index contributed by atoms with van der Waals surface area (Å²) in [7, 11) is 3.66. The standard InChI is InChI=1S/C16H25N3O2/c1-11-9-14(12(2)18(11)4)15(20)10-19-7-5-13(6-8-19)16(21)17-3/h9,13H,5-8,10H2,1-4H3,(H,17,21). The van der Waals surface area contributed by atoms with E-state index >= 15 is 0 Å². The Balaban J connectivity index is 1.93. The molecule has 0 atom stereocenters. The maximum Gasteiger partial charge on any atom is 0.222 e. The van der Waals surface area contributed by atoms with Gasteiger partial charge in [0.15, 0.2) is 5.78 Å². The minimum Gasteiger partial charge on any atom is -0.359 e. The smallest absolute Gasteiger partial charge is 0.222 e. The van der Waals surface area contributed by atoms with E-state index in [-0.39, 0.29) is 17.6 Å². The van der Waals surface area contributed by atoms with Gasteiger partial charge in [-0.05, 0) is 45.8 Å². The Hall–Kier alpha value is -1.62. The van der Waals surface area contributed by atoms with E-state index in [1.54, 1.807) is 7.05 Å². The minimum absolute atomic E-state index is 0.0991. The zero-order valence-electron chi connectivity index (χ0n) is 13.4. The van der Waals surface area contributed by atoms with Crippen molar-refractivity contribution in [1.29, 1.82) is 0 Å². The van der Waals surface area contributed by atoms with Crippen LogP contribution in [-0.4, -0.2) is 47.8 Å². The molecule has 5 heteroatoms. The largest absolute Gasteiger partial charge is 0.359 e. The van der Waals surface area contributed by atoms with E-state index in [0.29, 0.717) is 6.54 Å². The van der Waals surface area contributed by atoms with Gasteiger partial charge in [0.1, 0.15) is 0 Å². The molecule has 1 aliphatic heterocycles. The van der Waals surface area contributed by atoms with Crippen LogP contribution >= 0.6 is 0 Å². The quantitative estimate of drug-likeness (QED) is 0.850. The average Bonchev–Trinajstić information content (AvgIpc) is 2.75. The number of rotatable bonds is 4. The minimum atomic E-state index is 0.0991. The average molecular weight is 291 g/mol. The van der Waals surface area contributed by atoms with Gasteiger partial charge in [-0.25, -0.2) is 0 Å². The summed E-state index contributed by atoms with van der Waals surface area (Å²) in [6.45, 7) is 6.07. The van der Waals surface area contributed by atoms with E-state index in [1.165, 1.54) is 0 Å². The van der Waals surface area contributed by atoms with E-state index < -0.39 is 0 Å². The predicted molar refractivity (Wildman–Crippen MR) is 82.4 cm³/mol. The first-order valence-electron chi connectivity index (χ1n) is 7.54. The molecule has 0 aromatic carbocycles. The molecule has 2 heterocycles. The fourth-order valence-corrected chi connectivity index (χ4v) is 2.98. The van der Waals surface area contributed by atoms with Gasteiger partial charge in [0.2, 0.25) is 5.91 Å². The summed E-state index contributed by atoms with van der Waals surface area (Å²) >= 11 is 0. The number of carbonyl (C=O) groups is 2. The normalized spacial score (nSPS) is 17.0. The van der Waals surface area contributed by atoms with Gasteiger partial charge in [-0.1, -0.05) is 0 Å². The number of hydrogen-bond donors (Lipinski definition) is 1. The van der Waals surface area contributed by atoms with Gasteiger partial charge in [0.25, 0.3) is 0 Å². The number of aromatic nitrogens is 1. The molecule has 2 rings (SSSR count). The van der Waals surface area contributed by atoms with Crippen LogP contribution in [0, 0.1) is 19.8 Å². The van der Waals surface area contributed by atoms with Crippen molar-refractivity contribution >= 4 is 11.7 Å². The molecule has 0 aliphatic carbocycles. The Kier molecular flexibility index (Phi) is 4.83. The number of likely N-dealkylation sites (tertiary alicyclic amines) is 1. The summed E-state index contributed by atoms with van der Waals surface area (Å²) < 4.78 is 2.05. The first kappa shape index (κ1) is 15.8. The number of amides is 1. The summed E-state index contributed by atoms with van der Waals surface area (Å²) in [5, 5.41) is 2.71. The van der Waals surface area contributed by atoms with Crippen LogP contribution in [0.25, 0.3) is 0 Å². The summed E-state index contributed by atoms with van der Waals surface area (Å²) in [5.41, 5.74) is 2.95. The Labute approximate surface area is 126 Å². The van der Waals surface area contributed by atoms with Crippen LogP contribution < -0.4 is 5.32 Å². The van der Waals surface area contributed by atoms with Gasteiger partial charge < -0.3 is 9.88 Å². The van der Waals surface area contributed by atoms with Gasteiger partial charge in [-0.15, -0.1) is 0 Å². The number of nitrogens with one attached hydrogen (secondary N) is 1. The maximum atomic E-state index is 12.4. The van der Waals surface area contributed by atoms with Crippen LogP contribution in [0.2, 0.25) is 0 Å². The lowest BCUT2D eigenvalue weighted by molar-refractivity contribution is -0.125. The fourth-order valence-electron chi connectivity index (χ4n) is 2.98. The molecule has 0 saturated carbocycles. The Morgan fingerprint density at radius 1 is 1.29 bits per heavy atom. The molecule has 0 unspecified atom stereocenters. The third kappa shape index (κ3) is 3.35. The molecule has 1 fully saturated rings. The van der Waals surface area contributed by atoms with E-state index in [2.05, 4.69) is 10.2 Å². The highest BCUT2D eigenvalue weighted by molar-refractivity contribution is 5.99. The van der Waals surface area contributed by atoms with Crippen molar-refractivity contribution < 1.29 is 9.59 Å². The number of nitrogens with zero attached hydrogens (tertiary/aromatic N) is 2. The zero-order valence-corrected chi connectivity index (χ0v) is 13.4. The highest BCUT2D eigenvalue weighted by atomic mass is 16.1. The lowest BCUT2D eigenvalue weighted by Crippen LogP contribution is -2.41. The van der Waals surface area contributed by atoms with Crippen molar-refractivity contribution in [2.45, 2.75) is 26.7 Å².